The summed E-state index contributed by atoms with van der Waals surface area (Å²) in [6, 6.07) is 3.50. The Morgan fingerprint density at radius 3 is 2.44 bits per heavy atom. The fraction of sp³-hybridized carbons (Fsp3) is 0.455. The number of ether oxygens (including phenoxy) is 2. The summed E-state index contributed by atoms with van der Waals surface area (Å²) in [4.78, 5) is 24.3. The van der Waals surface area contributed by atoms with Crippen LogP contribution in [0.5, 0.6) is 0 Å². The third kappa shape index (κ3) is 1.61. The van der Waals surface area contributed by atoms with Crippen molar-refractivity contribution in [1.29, 1.82) is 0 Å². The highest BCUT2D eigenvalue weighted by Gasteiger charge is 2.53. The highest BCUT2D eigenvalue weighted by molar-refractivity contribution is 7.14. The van der Waals surface area contributed by atoms with Crippen LogP contribution in [0.25, 0.3) is 0 Å². The SMILES string of the molecule is COC(=O)c1ccc(C2(C(=O)OC)CC2)s1. The largest absolute Gasteiger partial charge is 0.468 e. The quantitative estimate of drug-likeness (QED) is 0.755. The molecule has 0 unspecified atom stereocenters. The summed E-state index contributed by atoms with van der Waals surface area (Å²) in [6.07, 6.45) is 1.58. The number of hydrogen-bond acceptors (Lipinski definition) is 5. The molecule has 1 heterocycles. The van der Waals surface area contributed by atoms with Gasteiger partial charge in [-0.15, -0.1) is 11.3 Å². The van der Waals surface area contributed by atoms with Crippen LogP contribution >= 0.6 is 11.3 Å². The molecule has 4 nitrogen and oxygen atoms in total. The van der Waals surface area contributed by atoms with Crippen LogP contribution in [0.3, 0.4) is 0 Å². The second-order valence-electron chi connectivity index (χ2n) is 3.73. The van der Waals surface area contributed by atoms with Crippen molar-refractivity contribution in [3.05, 3.63) is 21.9 Å². The Hall–Kier alpha value is -1.36. The molecule has 0 saturated heterocycles. The number of hydrogen-bond donors (Lipinski definition) is 0. The molecule has 1 aliphatic carbocycles. The summed E-state index contributed by atoms with van der Waals surface area (Å²) in [5.74, 6) is -0.581. The summed E-state index contributed by atoms with van der Waals surface area (Å²) in [6.45, 7) is 0. The van der Waals surface area contributed by atoms with Gasteiger partial charge >= 0.3 is 11.9 Å². The first kappa shape index (κ1) is 11.1. The monoisotopic (exact) mass is 240 g/mol. The molecule has 1 aliphatic rings. The first-order chi connectivity index (χ1) is 7.64. The second kappa shape index (κ2) is 3.90. The zero-order chi connectivity index (χ0) is 11.8. The number of esters is 2. The van der Waals surface area contributed by atoms with Crippen molar-refractivity contribution >= 4 is 23.3 Å². The zero-order valence-electron chi connectivity index (χ0n) is 9.11. The van der Waals surface area contributed by atoms with Gasteiger partial charge in [-0.05, 0) is 25.0 Å². The lowest BCUT2D eigenvalue weighted by Gasteiger charge is -2.09. The zero-order valence-corrected chi connectivity index (χ0v) is 9.93. The molecule has 1 aromatic heterocycles. The molecule has 1 aromatic rings. The van der Waals surface area contributed by atoms with Crippen molar-refractivity contribution in [3.63, 3.8) is 0 Å². The standard InChI is InChI=1S/C11H12O4S/c1-14-9(12)7-3-4-8(16-7)11(5-6-11)10(13)15-2/h3-4H,5-6H2,1-2H3. The molecular weight excluding hydrogens is 228 g/mol. The van der Waals surface area contributed by atoms with Crippen LogP contribution in [0.15, 0.2) is 12.1 Å². The van der Waals surface area contributed by atoms with Crippen molar-refractivity contribution in [3.8, 4) is 0 Å². The average molecular weight is 240 g/mol. The normalized spacial score (nSPS) is 16.6. The minimum absolute atomic E-state index is 0.217. The predicted molar refractivity (Wildman–Crippen MR) is 58.6 cm³/mol. The highest BCUT2D eigenvalue weighted by atomic mass is 32.1. The van der Waals surface area contributed by atoms with Crippen LogP contribution in [0.2, 0.25) is 0 Å². The Balaban J connectivity index is 2.26. The van der Waals surface area contributed by atoms with Crippen LogP contribution in [0.4, 0.5) is 0 Å². The summed E-state index contributed by atoms with van der Waals surface area (Å²) in [5.41, 5.74) is -0.494. The van der Waals surface area contributed by atoms with E-state index in [1.165, 1.54) is 25.6 Å². The number of thiophene rings is 1. The third-order valence-corrected chi connectivity index (χ3v) is 4.06. The van der Waals surface area contributed by atoms with Crippen LogP contribution in [0, 0.1) is 0 Å². The molecule has 0 aliphatic heterocycles. The number of carbonyl (C=O) groups excluding carboxylic acids is 2. The van der Waals surface area contributed by atoms with E-state index < -0.39 is 5.41 Å². The number of rotatable bonds is 3. The van der Waals surface area contributed by atoms with Crippen LogP contribution in [-0.4, -0.2) is 26.2 Å². The predicted octanol–water partition coefficient (Wildman–Crippen LogP) is 1.74. The van der Waals surface area contributed by atoms with Crippen molar-refractivity contribution in [1.82, 2.24) is 0 Å². The molecule has 1 fully saturated rings. The van der Waals surface area contributed by atoms with Gasteiger partial charge in [-0.25, -0.2) is 4.79 Å². The van der Waals surface area contributed by atoms with Gasteiger partial charge in [0.2, 0.25) is 0 Å². The van der Waals surface area contributed by atoms with Crippen molar-refractivity contribution < 1.29 is 19.1 Å². The van der Waals surface area contributed by atoms with E-state index in [9.17, 15) is 9.59 Å². The lowest BCUT2D eigenvalue weighted by atomic mass is 10.1. The van der Waals surface area contributed by atoms with Gasteiger partial charge in [0.05, 0.1) is 14.2 Å². The number of methoxy groups -OCH3 is 2. The van der Waals surface area contributed by atoms with E-state index in [1.54, 1.807) is 12.1 Å². The molecule has 0 aromatic carbocycles. The van der Waals surface area contributed by atoms with Crippen LogP contribution in [-0.2, 0) is 19.7 Å². The van der Waals surface area contributed by atoms with Gasteiger partial charge in [0.1, 0.15) is 10.3 Å². The van der Waals surface area contributed by atoms with E-state index >= 15 is 0 Å². The molecule has 0 spiro atoms. The summed E-state index contributed by atoms with van der Waals surface area (Å²) < 4.78 is 9.40. The molecule has 0 radical (unpaired) electrons. The second-order valence-corrected chi connectivity index (χ2v) is 4.81. The molecule has 0 amide bonds. The fourth-order valence-electron chi connectivity index (χ4n) is 1.68. The Morgan fingerprint density at radius 2 is 1.94 bits per heavy atom. The van der Waals surface area contributed by atoms with E-state index in [0.29, 0.717) is 4.88 Å². The lowest BCUT2D eigenvalue weighted by molar-refractivity contribution is -0.143. The molecule has 86 valence electrons. The van der Waals surface area contributed by atoms with Gasteiger partial charge in [-0.3, -0.25) is 4.79 Å². The van der Waals surface area contributed by atoms with Crippen molar-refractivity contribution in [2.75, 3.05) is 14.2 Å². The number of carbonyl (C=O) groups is 2. The Bertz CT molecular complexity index is 431. The first-order valence-corrected chi connectivity index (χ1v) is 5.73. The molecule has 5 heteroatoms. The molecule has 2 rings (SSSR count). The average Bonchev–Trinajstić information content (AvgIpc) is 2.98. The van der Waals surface area contributed by atoms with Crippen LogP contribution in [0.1, 0.15) is 27.4 Å². The molecule has 0 atom stereocenters. The highest BCUT2D eigenvalue weighted by Crippen LogP contribution is 2.51. The van der Waals surface area contributed by atoms with Crippen molar-refractivity contribution in [2.24, 2.45) is 0 Å². The summed E-state index contributed by atoms with van der Waals surface area (Å²) >= 11 is 1.30. The van der Waals surface area contributed by atoms with Gasteiger partial charge in [0.25, 0.3) is 0 Å². The van der Waals surface area contributed by atoms with E-state index in [0.717, 1.165) is 17.7 Å². The van der Waals surface area contributed by atoms with E-state index in [2.05, 4.69) is 4.74 Å². The Kier molecular flexibility index (Phi) is 2.71. The van der Waals surface area contributed by atoms with E-state index in [4.69, 9.17) is 4.74 Å². The molecule has 16 heavy (non-hydrogen) atoms. The summed E-state index contributed by atoms with van der Waals surface area (Å²) in [7, 11) is 2.73. The molecule has 0 bridgehead atoms. The Morgan fingerprint density at radius 1 is 1.25 bits per heavy atom. The van der Waals surface area contributed by atoms with Gasteiger partial charge in [-0.1, -0.05) is 0 Å². The maximum atomic E-state index is 11.6. The van der Waals surface area contributed by atoms with Gasteiger partial charge in [-0.2, -0.15) is 0 Å². The first-order valence-electron chi connectivity index (χ1n) is 4.91. The molecule has 1 saturated carbocycles. The van der Waals surface area contributed by atoms with Crippen LogP contribution < -0.4 is 0 Å². The van der Waals surface area contributed by atoms with Gasteiger partial charge in [0, 0.05) is 4.88 Å². The minimum Gasteiger partial charge on any atom is -0.468 e. The molecule has 0 N–H and O–H groups in total. The molecular formula is C11H12O4S. The maximum Gasteiger partial charge on any atom is 0.348 e. The minimum atomic E-state index is -0.494. The Labute approximate surface area is 97.2 Å². The van der Waals surface area contributed by atoms with Gasteiger partial charge < -0.3 is 9.47 Å². The van der Waals surface area contributed by atoms with E-state index in [1.807, 2.05) is 0 Å². The van der Waals surface area contributed by atoms with Gasteiger partial charge in [0.15, 0.2) is 0 Å². The topological polar surface area (TPSA) is 52.6 Å². The lowest BCUT2D eigenvalue weighted by Crippen LogP contribution is -2.20. The smallest absolute Gasteiger partial charge is 0.348 e. The maximum absolute atomic E-state index is 11.6. The fourth-order valence-corrected chi connectivity index (χ4v) is 2.84. The van der Waals surface area contributed by atoms with E-state index in [-0.39, 0.29) is 11.9 Å². The van der Waals surface area contributed by atoms with Crippen molar-refractivity contribution in [2.45, 2.75) is 18.3 Å². The third-order valence-electron chi connectivity index (χ3n) is 2.79. The summed E-state index contributed by atoms with van der Waals surface area (Å²) in [5, 5.41) is 0.